The predicted molar refractivity (Wildman–Crippen MR) is 53.5 cm³/mol. The van der Waals surface area contributed by atoms with Gasteiger partial charge < -0.3 is 4.74 Å². The fourth-order valence-electron chi connectivity index (χ4n) is 1.55. The lowest BCUT2D eigenvalue weighted by Crippen LogP contribution is -2.19. The summed E-state index contributed by atoms with van der Waals surface area (Å²) in [5, 5.41) is 4.28. The van der Waals surface area contributed by atoms with Crippen molar-refractivity contribution in [2.45, 2.75) is 32.4 Å². The van der Waals surface area contributed by atoms with Gasteiger partial charge in [-0.05, 0) is 42.1 Å². The number of aromatic nitrogens is 2. The van der Waals surface area contributed by atoms with Gasteiger partial charge in [0.1, 0.15) is 4.60 Å². The maximum absolute atomic E-state index is 5.63. The molecule has 1 aliphatic heterocycles. The summed E-state index contributed by atoms with van der Waals surface area (Å²) in [4.78, 5) is 0. The molecule has 0 radical (unpaired) electrons. The highest BCUT2D eigenvalue weighted by Gasteiger charge is 2.18. The molecule has 1 aromatic heterocycles. The maximum atomic E-state index is 5.63. The van der Waals surface area contributed by atoms with E-state index in [1.807, 2.05) is 17.8 Å². The van der Waals surface area contributed by atoms with Crippen LogP contribution < -0.4 is 0 Å². The Bertz CT molecular complexity index is 292. The van der Waals surface area contributed by atoms with Crippen molar-refractivity contribution in [3.05, 3.63) is 16.4 Å². The molecule has 1 aliphatic rings. The molecule has 0 amide bonds. The molecule has 0 aromatic carbocycles. The largest absolute Gasteiger partial charge is 0.356 e. The minimum absolute atomic E-state index is 0.136. The lowest BCUT2D eigenvalue weighted by Gasteiger charge is -2.23. The zero-order valence-corrected chi connectivity index (χ0v) is 9.25. The molecule has 0 aliphatic carbocycles. The summed E-state index contributed by atoms with van der Waals surface area (Å²) < 4.78 is 8.59. The molecule has 0 spiro atoms. The molecule has 1 saturated heterocycles. The second kappa shape index (κ2) is 3.80. The quantitative estimate of drug-likeness (QED) is 0.760. The van der Waals surface area contributed by atoms with Gasteiger partial charge in [0, 0.05) is 12.2 Å². The molecule has 72 valence electrons. The van der Waals surface area contributed by atoms with Gasteiger partial charge in [0.2, 0.25) is 0 Å². The number of aryl methyl sites for hydroxylation is 1. The third-order valence-corrected chi connectivity index (χ3v) is 3.32. The van der Waals surface area contributed by atoms with E-state index in [1.54, 1.807) is 0 Å². The average Bonchev–Trinajstić information content (AvgIpc) is 2.49. The van der Waals surface area contributed by atoms with Crippen LogP contribution in [0.15, 0.2) is 10.8 Å². The van der Waals surface area contributed by atoms with E-state index in [2.05, 4.69) is 21.0 Å². The Kier molecular flexibility index (Phi) is 2.69. The topological polar surface area (TPSA) is 27.1 Å². The normalized spacial score (nSPS) is 23.4. The Balaban J connectivity index is 2.18. The monoisotopic (exact) mass is 244 g/mol. The molecule has 0 bridgehead atoms. The molecule has 1 fully saturated rings. The molecular formula is C9H13BrN2O. The van der Waals surface area contributed by atoms with Crippen LogP contribution in [0.3, 0.4) is 0 Å². The Labute approximate surface area is 86.2 Å². The molecular weight excluding hydrogens is 232 g/mol. The molecule has 1 aromatic rings. The van der Waals surface area contributed by atoms with E-state index in [-0.39, 0.29) is 6.23 Å². The SMILES string of the molecule is Cc1cnn(C2CCCCO2)c1Br. The fraction of sp³-hybridized carbons (Fsp3) is 0.667. The third-order valence-electron chi connectivity index (χ3n) is 2.33. The van der Waals surface area contributed by atoms with Gasteiger partial charge in [-0.3, -0.25) is 0 Å². The molecule has 1 atom stereocenters. The van der Waals surface area contributed by atoms with Crippen molar-refractivity contribution in [2.75, 3.05) is 6.61 Å². The van der Waals surface area contributed by atoms with Crippen molar-refractivity contribution in [3.63, 3.8) is 0 Å². The number of halogens is 1. The lowest BCUT2D eigenvalue weighted by atomic mass is 10.2. The van der Waals surface area contributed by atoms with E-state index in [9.17, 15) is 0 Å². The maximum Gasteiger partial charge on any atom is 0.151 e. The molecule has 0 N–H and O–H groups in total. The van der Waals surface area contributed by atoms with Crippen LogP contribution in [0.1, 0.15) is 31.1 Å². The molecule has 3 nitrogen and oxygen atoms in total. The van der Waals surface area contributed by atoms with E-state index >= 15 is 0 Å². The van der Waals surface area contributed by atoms with Gasteiger partial charge in [-0.15, -0.1) is 0 Å². The van der Waals surface area contributed by atoms with E-state index in [0.717, 1.165) is 23.2 Å². The summed E-state index contributed by atoms with van der Waals surface area (Å²) in [5.74, 6) is 0. The Morgan fingerprint density at radius 1 is 1.62 bits per heavy atom. The van der Waals surface area contributed by atoms with E-state index < -0.39 is 0 Å². The molecule has 1 unspecified atom stereocenters. The van der Waals surface area contributed by atoms with Gasteiger partial charge in [-0.1, -0.05) is 0 Å². The van der Waals surface area contributed by atoms with Gasteiger partial charge in [-0.2, -0.15) is 5.10 Å². The molecule has 2 heterocycles. The first-order valence-electron chi connectivity index (χ1n) is 4.60. The molecule has 0 saturated carbocycles. The number of hydrogen-bond acceptors (Lipinski definition) is 2. The van der Waals surface area contributed by atoms with E-state index in [1.165, 1.54) is 12.8 Å². The smallest absolute Gasteiger partial charge is 0.151 e. The predicted octanol–water partition coefficient (Wildman–Crippen LogP) is 2.65. The van der Waals surface area contributed by atoms with Crippen LogP contribution in [0.4, 0.5) is 0 Å². The minimum Gasteiger partial charge on any atom is -0.356 e. The number of hydrogen-bond donors (Lipinski definition) is 0. The molecule has 2 rings (SSSR count). The van der Waals surface area contributed by atoms with Crippen molar-refractivity contribution in [2.24, 2.45) is 0 Å². The van der Waals surface area contributed by atoms with Crippen LogP contribution in [0.5, 0.6) is 0 Å². The van der Waals surface area contributed by atoms with Crippen molar-refractivity contribution in [1.82, 2.24) is 9.78 Å². The van der Waals surface area contributed by atoms with E-state index in [4.69, 9.17) is 4.74 Å². The highest BCUT2D eigenvalue weighted by molar-refractivity contribution is 9.10. The van der Waals surface area contributed by atoms with E-state index in [0.29, 0.717) is 0 Å². The Morgan fingerprint density at radius 2 is 2.46 bits per heavy atom. The summed E-state index contributed by atoms with van der Waals surface area (Å²) >= 11 is 3.51. The standard InChI is InChI=1S/C9H13BrN2O/c1-7-6-11-12(9(7)10)8-4-2-3-5-13-8/h6,8H,2-5H2,1H3. The summed E-state index contributed by atoms with van der Waals surface area (Å²) in [7, 11) is 0. The summed E-state index contributed by atoms with van der Waals surface area (Å²) in [6, 6.07) is 0. The van der Waals surface area contributed by atoms with Crippen molar-refractivity contribution in [1.29, 1.82) is 0 Å². The number of ether oxygens (including phenoxy) is 1. The minimum atomic E-state index is 0.136. The summed E-state index contributed by atoms with van der Waals surface area (Å²) in [5.41, 5.74) is 1.16. The Morgan fingerprint density at radius 3 is 3.00 bits per heavy atom. The van der Waals surface area contributed by atoms with Crippen LogP contribution in [-0.4, -0.2) is 16.4 Å². The van der Waals surface area contributed by atoms with Crippen LogP contribution in [0.25, 0.3) is 0 Å². The first kappa shape index (κ1) is 9.21. The zero-order chi connectivity index (χ0) is 9.26. The average molecular weight is 245 g/mol. The molecule has 4 heteroatoms. The van der Waals surface area contributed by atoms with Crippen LogP contribution in [0.2, 0.25) is 0 Å². The van der Waals surface area contributed by atoms with Crippen molar-refractivity contribution in [3.8, 4) is 0 Å². The summed E-state index contributed by atoms with van der Waals surface area (Å²) in [6.45, 7) is 2.90. The number of nitrogens with zero attached hydrogens (tertiary/aromatic N) is 2. The van der Waals surface area contributed by atoms with Gasteiger partial charge >= 0.3 is 0 Å². The highest BCUT2D eigenvalue weighted by Crippen LogP contribution is 2.26. The second-order valence-electron chi connectivity index (χ2n) is 3.38. The lowest BCUT2D eigenvalue weighted by molar-refractivity contribution is -0.0409. The first-order chi connectivity index (χ1) is 6.29. The fourth-order valence-corrected chi connectivity index (χ4v) is 1.97. The van der Waals surface area contributed by atoms with Crippen LogP contribution in [0, 0.1) is 6.92 Å². The van der Waals surface area contributed by atoms with Gasteiger partial charge in [-0.25, -0.2) is 4.68 Å². The van der Waals surface area contributed by atoms with Gasteiger partial charge in [0.05, 0.1) is 6.20 Å². The van der Waals surface area contributed by atoms with Crippen molar-refractivity contribution >= 4 is 15.9 Å². The van der Waals surface area contributed by atoms with Crippen LogP contribution in [-0.2, 0) is 4.74 Å². The van der Waals surface area contributed by atoms with Gasteiger partial charge in [0.15, 0.2) is 6.23 Å². The number of rotatable bonds is 1. The zero-order valence-electron chi connectivity index (χ0n) is 7.66. The van der Waals surface area contributed by atoms with Crippen molar-refractivity contribution < 1.29 is 4.74 Å². The first-order valence-corrected chi connectivity index (χ1v) is 5.39. The highest BCUT2D eigenvalue weighted by atomic mass is 79.9. The Hall–Kier alpha value is -0.350. The van der Waals surface area contributed by atoms with Gasteiger partial charge in [0.25, 0.3) is 0 Å². The second-order valence-corrected chi connectivity index (χ2v) is 4.14. The third kappa shape index (κ3) is 1.79. The summed E-state index contributed by atoms with van der Waals surface area (Å²) in [6.07, 6.45) is 5.48. The van der Waals surface area contributed by atoms with Crippen LogP contribution >= 0.6 is 15.9 Å². The molecule has 13 heavy (non-hydrogen) atoms.